The third kappa shape index (κ3) is 2.64. The topological polar surface area (TPSA) is 34.2 Å². The van der Waals surface area contributed by atoms with Gasteiger partial charge in [0, 0.05) is 13.1 Å². The minimum absolute atomic E-state index is 0.0794. The van der Waals surface area contributed by atoms with Crippen LogP contribution in [0.3, 0.4) is 0 Å². The summed E-state index contributed by atoms with van der Waals surface area (Å²) in [5.41, 5.74) is 0.684. The molecule has 0 bridgehead atoms. The summed E-state index contributed by atoms with van der Waals surface area (Å²) in [5, 5.41) is 3.38. The van der Waals surface area contributed by atoms with Crippen LogP contribution in [0.1, 0.15) is 38.5 Å². The van der Waals surface area contributed by atoms with Crippen LogP contribution < -0.4 is 5.32 Å². The van der Waals surface area contributed by atoms with Crippen LogP contribution in [0.5, 0.6) is 0 Å². The van der Waals surface area contributed by atoms with Gasteiger partial charge in [-0.1, -0.05) is 13.8 Å². The van der Waals surface area contributed by atoms with Gasteiger partial charge in [-0.3, -0.25) is 4.98 Å². The minimum atomic E-state index is -0.310. The van der Waals surface area contributed by atoms with Gasteiger partial charge in [-0.2, -0.15) is 0 Å². The van der Waals surface area contributed by atoms with E-state index in [4.69, 9.17) is 4.74 Å². The van der Waals surface area contributed by atoms with E-state index in [0.717, 1.165) is 31.6 Å². The molecule has 1 saturated heterocycles. The Bertz CT molecular complexity index is 362. The van der Waals surface area contributed by atoms with Gasteiger partial charge in [0.15, 0.2) is 0 Å². The molecule has 4 heteroatoms. The Morgan fingerprint density at radius 3 is 2.82 bits per heavy atom. The summed E-state index contributed by atoms with van der Waals surface area (Å²) in [6.45, 7) is 5.87. The molecule has 0 aliphatic carbocycles. The van der Waals surface area contributed by atoms with E-state index in [1.165, 1.54) is 12.3 Å². The van der Waals surface area contributed by atoms with Crippen molar-refractivity contribution in [1.82, 2.24) is 10.3 Å². The zero-order valence-electron chi connectivity index (χ0n) is 10.4. The quantitative estimate of drug-likeness (QED) is 0.878. The lowest BCUT2D eigenvalue weighted by Crippen LogP contribution is -2.50. The van der Waals surface area contributed by atoms with E-state index in [-0.39, 0.29) is 17.5 Å². The van der Waals surface area contributed by atoms with Gasteiger partial charge >= 0.3 is 0 Å². The molecule has 0 saturated carbocycles. The third-order valence-electron chi connectivity index (χ3n) is 3.54. The molecule has 0 amide bonds. The smallest absolute Gasteiger partial charge is 0.141 e. The zero-order chi connectivity index (χ0) is 12.3. The van der Waals surface area contributed by atoms with E-state index < -0.39 is 0 Å². The first-order valence-electron chi connectivity index (χ1n) is 6.19. The van der Waals surface area contributed by atoms with Gasteiger partial charge in [0.1, 0.15) is 11.9 Å². The van der Waals surface area contributed by atoms with Crippen LogP contribution in [-0.2, 0) is 4.74 Å². The summed E-state index contributed by atoms with van der Waals surface area (Å²) in [6, 6.07) is 3.13. The molecule has 1 N–H and O–H groups in total. The summed E-state index contributed by atoms with van der Waals surface area (Å²) in [6.07, 6.45) is 3.10. The molecule has 2 heterocycles. The molecule has 94 valence electrons. The Labute approximate surface area is 101 Å². The van der Waals surface area contributed by atoms with Crippen molar-refractivity contribution in [3.8, 4) is 0 Å². The number of nitrogens with one attached hydrogen (secondary N) is 1. The van der Waals surface area contributed by atoms with Crippen molar-refractivity contribution in [1.29, 1.82) is 0 Å². The lowest BCUT2D eigenvalue weighted by Gasteiger charge is -2.40. The number of hydrogen-bond acceptors (Lipinski definition) is 3. The summed E-state index contributed by atoms with van der Waals surface area (Å²) in [5.74, 6) is -0.310. The number of pyridine rings is 1. The second-order valence-electron chi connectivity index (χ2n) is 4.53. The number of ether oxygens (including phenoxy) is 1. The molecular weight excluding hydrogens is 219 g/mol. The number of hydrogen-bond donors (Lipinski definition) is 1. The lowest BCUT2D eigenvalue weighted by molar-refractivity contribution is -0.123. The van der Waals surface area contributed by atoms with Crippen LogP contribution in [-0.4, -0.2) is 23.7 Å². The molecular formula is C13H19FN2O. The highest BCUT2D eigenvalue weighted by atomic mass is 19.1. The van der Waals surface area contributed by atoms with Crippen LogP contribution in [0.15, 0.2) is 18.3 Å². The second kappa shape index (κ2) is 5.10. The van der Waals surface area contributed by atoms with Crippen molar-refractivity contribution in [2.45, 2.75) is 38.4 Å². The number of rotatable bonds is 3. The first-order valence-corrected chi connectivity index (χ1v) is 6.19. The summed E-state index contributed by atoms with van der Waals surface area (Å²) >= 11 is 0. The van der Waals surface area contributed by atoms with Gasteiger partial charge in [0.25, 0.3) is 0 Å². The van der Waals surface area contributed by atoms with Crippen LogP contribution in [0.4, 0.5) is 4.39 Å². The van der Waals surface area contributed by atoms with Gasteiger partial charge in [-0.25, -0.2) is 4.39 Å². The van der Waals surface area contributed by atoms with Gasteiger partial charge in [-0.05, 0) is 25.0 Å². The Morgan fingerprint density at radius 1 is 1.47 bits per heavy atom. The van der Waals surface area contributed by atoms with Crippen LogP contribution in [0.2, 0.25) is 0 Å². The number of aromatic nitrogens is 1. The zero-order valence-corrected chi connectivity index (χ0v) is 10.4. The molecule has 0 radical (unpaired) electrons. The second-order valence-corrected chi connectivity index (χ2v) is 4.53. The molecule has 1 aromatic heterocycles. The van der Waals surface area contributed by atoms with Crippen LogP contribution >= 0.6 is 0 Å². The summed E-state index contributed by atoms with van der Waals surface area (Å²) < 4.78 is 19.0. The molecule has 0 spiro atoms. The van der Waals surface area contributed by atoms with Crippen molar-refractivity contribution in [2.24, 2.45) is 0 Å². The molecule has 1 aliphatic heterocycles. The molecule has 1 aromatic rings. The van der Waals surface area contributed by atoms with Gasteiger partial charge in [0.05, 0.1) is 17.5 Å². The van der Waals surface area contributed by atoms with E-state index in [0.29, 0.717) is 0 Å². The Morgan fingerprint density at radius 2 is 2.24 bits per heavy atom. The van der Waals surface area contributed by atoms with E-state index in [1.807, 2.05) is 0 Å². The SMILES string of the molecule is CCC1(CC)CNCC(c2ccc(F)cn2)O1. The lowest BCUT2D eigenvalue weighted by atomic mass is 9.94. The maximum absolute atomic E-state index is 12.8. The summed E-state index contributed by atoms with van der Waals surface area (Å²) in [4.78, 5) is 4.10. The summed E-state index contributed by atoms with van der Waals surface area (Å²) in [7, 11) is 0. The maximum atomic E-state index is 12.8. The van der Waals surface area contributed by atoms with Crippen molar-refractivity contribution < 1.29 is 9.13 Å². The molecule has 1 fully saturated rings. The highest BCUT2D eigenvalue weighted by Gasteiger charge is 2.35. The van der Waals surface area contributed by atoms with Crippen LogP contribution in [0.25, 0.3) is 0 Å². The Balaban J connectivity index is 2.14. The first kappa shape index (κ1) is 12.5. The standard InChI is InChI=1S/C13H19FN2O/c1-3-13(4-2)9-15-8-12(17-13)11-6-5-10(14)7-16-11/h5-7,12,15H,3-4,8-9H2,1-2H3. The fourth-order valence-corrected chi connectivity index (χ4v) is 2.23. The fraction of sp³-hybridized carbons (Fsp3) is 0.615. The fourth-order valence-electron chi connectivity index (χ4n) is 2.23. The van der Waals surface area contributed by atoms with E-state index >= 15 is 0 Å². The number of morpholine rings is 1. The number of halogens is 1. The molecule has 2 rings (SSSR count). The third-order valence-corrected chi connectivity index (χ3v) is 3.54. The molecule has 0 aromatic carbocycles. The maximum Gasteiger partial charge on any atom is 0.141 e. The number of nitrogens with zero attached hydrogens (tertiary/aromatic N) is 1. The van der Waals surface area contributed by atoms with Crippen molar-refractivity contribution in [3.63, 3.8) is 0 Å². The van der Waals surface area contributed by atoms with E-state index in [2.05, 4.69) is 24.1 Å². The van der Waals surface area contributed by atoms with Gasteiger partial charge in [0.2, 0.25) is 0 Å². The van der Waals surface area contributed by atoms with Gasteiger partial charge in [-0.15, -0.1) is 0 Å². The largest absolute Gasteiger partial charge is 0.363 e. The highest BCUT2D eigenvalue weighted by molar-refractivity contribution is 5.10. The molecule has 1 aliphatic rings. The van der Waals surface area contributed by atoms with Gasteiger partial charge < -0.3 is 10.1 Å². The predicted octanol–water partition coefficient (Wildman–Crippen LogP) is 2.44. The van der Waals surface area contributed by atoms with Crippen molar-refractivity contribution in [2.75, 3.05) is 13.1 Å². The minimum Gasteiger partial charge on any atom is -0.363 e. The van der Waals surface area contributed by atoms with E-state index in [1.54, 1.807) is 6.07 Å². The molecule has 17 heavy (non-hydrogen) atoms. The molecule has 1 atom stereocenters. The van der Waals surface area contributed by atoms with Crippen LogP contribution in [0, 0.1) is 5.82 Å². The predicted molar refractivity (Wildman–Crippen MR) is 64.2 cm³/mol. The van der Waals surface area contributed by atoms with Crippen molar-refractivity contribution in [3.05, 3.63) is 29.8 Å². The first-order chi connectivity index (χ1) is 8.19. The Hall–Kier alpha value is -1.00. The average molecular weight is 238 g/mol. The van der Waals surface area contributed by atoms with E-state index in [9.17, 15) is 4.39 Å². The Kier molecular flexibility index (Phi) is 3.74. The molecule has 1 unspecified atom stereocenters. The van der Waals surface area contributed by atoms with Crippen molar-refractivity contribution >= 4 is 0 Å². The normalized spacial score (nSPS) is 23.6. The average Bonchev–Trinajstić information content (AvgIpc) is 2.39. The highest BCUT2D eigenvalue weighted by Crippen LogP contribution is 2.30. The monoisotopic (exact) mass is 238 g/mol. The molecule has 3 nitrogen and oxygen atoms in total.